The first-order valence-electron chi connectivity index (χ1n) is 5.17. The minimum absolute atomic E-state index is 0.0693. The molecule has 0 atom stereocenters. The number of nitrogens with two attached hydrogens (primary N) is 1. The summed E-state index contributed by atoms with van der Waals surface area (Å²) >= 11 is 0. The van der Waals surface area contributed by atoms with Gasteiger partial charge in [0.15, 0.2) is 0 Å². The second-order valence-electron chi connectivity index (χ2n) is 4.04. The van der Waals surface area contributed by atoms with E-state index in [2.05, 4.69) is 0 Å². The smallest absolute Gasteiger partial charge is 0.251 e. The SMILES string of the molecule is NCC1(n2ccccc2=O)CCCC1. The van der Waals surface area contributed by atoms with Gasteiger partial charge in [0.2, 0.25) is 0 Å². The molecule has 1 fully saturated rings. The molecule has 0 saturated heterocycles. The van der Waals surface area contributed by atoms with E-state index in [9.17, 15) is 4.79 Å². The van der Waals surface area contributed by atoms with Crippen LogP contribution in [0.3, 0.4) is 0 Å². The van der Waals surface area contributed by atoms with Gasteiger partial charge >= 0.3 is 0 Å². The molecule has 1 aromatic heterocycles. The molecule has 0 unspecified atom stereocenters. The van der Waals surface area contributed by atoms with E-state index in [1.165, 1.54) is 12.8 Å². The number of hydrogen-bond acceptors (Lipinski definition) is 2. The fourth-order valence-electron chi connectivity index (χ4n) is 2.40. The molecule has 1 heterocycles. The molecule has 3 heteroatoms. The summed E-state index contributed by atoms with van der Waals surface area (Å²) in [5.74, 6) is 0. The summed E-state index contributed by atoms with van der Waals surface area (Å²) in [7, 11) is 0. The Labute approximate surface area is 83.5 Å². The van der Waals surface area contributed by atoms with E-state index >= 15 is 0 Å². The van der Waals surface area contributed by atoms with Gasteiger partial charge in [0.25, 0.3) is 5.56 Å². The summed E-state index contributed by atoms with van der Waals surface area (Å²) in [5, 5.41) is 0. The second-order valence-corrected chi connectivity index (χ2v) is 4.04. The van der Waals surface area contributed by atoms with Crippen molar-refractivity contribution < 1.29 is 0 Å². The highest BCUT2D eigenvalue weighted by atomic mass is 16.1. The molecular formula is C11H16N2O. The maximum atomic E-state index is 11.7. The Bertz CT molecular complexity index is 364. The molecule has 0 aliphatic heterocycles. The lowest BCUT2D eigenvalue weighted by Gasteiger charge is -2.29. The molecule has 14 heavy (non-hydrogen) atoms. The third-order valence-corrected chi connectivity index (χ3v) is 3.25. The molecule has 0 spiro atoms. The largest absolute Gasteiger partial charge is 0.328 e. The van der Waals surface area contributed by atoms with E-state index in [0.29, 0.717) is 6.54 Å². The number of rotatable bonds is 2. The van der Waals surface area contributed by atoms with Crippen LogP contribution in [0, 0.1) is 0 Å². The molecule has 0 bridgehead atoms. The first kappa shape index (κ1) is 9.46. The molecular weight excluding hydrogens is 176 g/mol. The van der Waals surface area contributed by atoms with Crippen LogP contribution in [0.5, 0.6) is 0 Å². The molecule has 1 aliphatic carbocycles. The zero-order valence-electron chi connectivity index (χ0n) is 8.28. The van der Waals surface area contributed by atoms with E-state index in [4.69, 9.17) is 5.73 Å². The predicted octanol–water partition coefficient (Wildman–Crippen LogP) is 1.08. The van der Waals surface area contributed by atoms with Gasteiger partial charge in [-0.25, -0.2) is 0 Å². The Hall–Kier alpha value is -1.09. The Morgan fingerprint density at radius 1 is 1.36 bits per heavy atom. The van der Waals surface area contributed by atoms with Crippen molar-refractivity contribution >= 4 is 0 Å². The standard InChI is InChI=1S/C11H16N2O/c12-9-11(6-2-3-7-11)13-8-4-1-5-10(13)14/h1,4-5,8H,2-3,6-7,9,12H2. The zero-order valence-corrected chi connectivity index (χ0v) is 8.28. The summed E-state index contributed by atoms with van der Waals surface area (Å²) in [6, 6.07) is 5.28. The van der Waals surface area contributed by atoms with E-state index in [1.807, 2.05) is 16.8 Å². The first-order valence-corrected chi connectivity index (χ1v) is 5.17. The molecule has 76 valence electrons. The van der Waals surface area contributed by atoms with Crippen molar-refractivity contribution in [2.45, 2.75) is 31.2 Å². The van der Waals surface area contributed by atoms with E-state index in [-0.39, 0.29) is 11.1 Å². The summed E-state index contributed by atoms with van der Waals surface area (Å²) < 4.78 is 1.82. The highest BCUT2D eigenvalue weighted by molar-refractivity contribution is 5.02. The van der Waals surface area contributed by atoms with Crippen LogP contribution in [0.1, 0.15) is 25.7 Å². The number of nitrogens with zero attached hydrogens (tertiary/aromatic N) is 1. The average Bonchev–Trinajstić information content (AvgIpc) is 2.68. The summed E-state index contributed by atoms with van der Waals surface area (Å²) in [4.78, 5) is 11.7. The summed E-state index contributed by atoms with van der Waals surface area (Å²) in [5.41, 5.74) is 5.78. The summed E-state index contributed by atoms with van der Waals surface area (Å²) in [6.45, 7) is 0.566. The molecule has 0 amide bonds. The van der Waals surface area contributed by atoms with Gasteiger partial charge in [-0.05, 0) is 18.9 Å². The minimum Gasteiger partial charge on any atom is -0.328 e. The molecule has 2 rings (SSSR count). The Morgan fingerprint density at radius 2 is 2.07 bits per heavy atom. The normalized spacial score (nSPS) is 19.8. The third-order valence-electron chi connectivity index (χ3n) is 3.25. The highest BCUT2D eigenvalue weighted by Crippen LogP contribution is 2.34. The van der Waals surface area contributed by atoms with Gasteiger partial charge in [-0.2, -0.15) is 0 Å². The molecule has 0 radical (unpaired) electrons. The lowest BCUT2D eigenvalue weighted by atomic mass is 9.97. The van der Waals surface area contributed by atoms with E-state index < -0.39 is 0 Å². The van der Waals surface area contributed by atoms with Crippen LogP contribution in [0.15, 0.2) is 29.2 Å². The Morgan fingerprint density at radius 3 is 2.64 bits per heavy atom. The van der Waals surface area contributed by atoms with Crippen LogP contribution in [-0.2, 0) is 5.54 Å². The van der Waals surface area contributed by atoms with Crippen molar-refractivity contribution in [3.05, 3.63) is 34.7 Å². The fraction of sp³-hybridized carbons (Fsp3) is 0.545. The number of hydrogen-bond donors (Lipinski definition) is 1. The van der Waals surface area contributed by atoms with Gasteiger partial charge in [-0.15, -0.1) is 0 Å². The van der Waals surface area contributed by atoms with Gasteiger partial charge in [0.05, 0.1) is 5.54 Å². The molecule has 1 saturated carbocycles. The van der Waals surface area contributed by atoms with Crippen molar-refractivity contribution in [1.29, 1.82) is 0 Å². The lowest BCUT2D eigenvalue weighted by molar-refractivity contribution is 0.294. The average molecular weight is 192 g/mol. The first-order chi connectivity index (χ1) is 6.78. The molecule has 2 N–H and O–H groups in total. The lowest BCUT2D eigenvalue weighted by Crippen LogP contribution is -2.44. The molecule has 3 nitrogen and oxygen atoms in total. The maximum Gasteiger partial charge on any atom is 0.251 e. The van der Waals surface area contributed by atoms with Crippen molar-refractivity contribution in [2.75, 3.05) is 6.54 Å². The van der Waals surface area contributed by atoms with Crippen LogP contribution in [-0.4, -0.2) is 11.1 Å². The quantitative estimate of drug-likeness (QED) is 0.762. The van der Waals surface area contributed by atoms with Crippen LogP contribution in [0.2, 0.25) is 0 Å². The zero-order chi connectivity index (χ0) is 10.0. The topological polar surface area (TPSA) is 48.0 Å². The summed E-state index contributed by atoms with van der Waals surface area (Å²) in [6.07, 6.45) is 6.29. The van der Waals surface area contributed by atoms with E-state index in [0.717, 1.165) is 12.8 Å². The number of pyridine rings is 1. The van der Waals surface area contributed by atoms with Gasteiger partial charge < -0.3 is 10.3 Å². The van der Waals surface area contributed by atoms with Crippen LogP contribution < -0.4 is 11.3 Å². The van der Waals surface area contributed by atoms with Crippen LogP contribution in [0.4, 0.5) is 0 Å². The molecule has 1 aliphatic rings. The van der Waals surface area contributed by atoms with Crippen molar-refractivity contribution in [3.8, 4) is 0 Å². The second kappa shape index (κ2) is 3.58. The highest BCUT2D eigenvalue weighted by Gasteiger charge is 2.34. The molecule has 0 aromatic carbocycles. The monoisotopic (exact) mass is 192 g/mol. The van der Waals surface area contributed by atoms with Gasteiger partial charge in [-0.1, -0.05) is 18.9 Å². The van der Waals surface area contributed by atoms with Gasteiger partial charge in [-0.3, -0.25) is 4.79 Å². The van der Waals surface area contributed by atoms with Crippen molar-refractivity contribution in [2.24, 2.45) is 5.73 Å². The van der Waals surface area contributed by atoms with E-state index in [1.54, 1.807) is 12.1 Å². The predicted molar refractivity (Wildman–Crippen MR) is 56.2 cm³/mol. The van der Waals surface area contributed by atoms with Crippen molar-refractivity contribution in [1.82, 2.24) is 4.57 Å². The maximum absolute atomic E-state index is 11.7. The van der Waals surface area contributed by atoms with Crippen LogP contribution >= 0.6 is 0 Å². The van der Waals surface area contributed by atoms with Gasteiger partial charge in [0, 0.05) is 18.8 Å². The minimum atomic E-state index is -0.0989. The Balaban J connectivity index is 2.46. The van der Waals surface area contributed by atoms with Gasteiger partial charge in [0.1, 0.15) is 0 Å². The molecule has 1 aromatic rings. The third kappa shape index (κ3) is 1.38. The fourth-order valence-corrected chi connectivity index (χ4v) is 2.40. The number of aromatic nitrogens is 1. The van der Waals surface area contributed by atoms with Crippen LogP contribution in [0.25, 0.3) is 0 Å². The van der Waals surface area contributed by atoms with Crippen molar-refractivity contribution in [3.63, 3.8) is 0 Å². The Kier molecular flexibility index (Phi) is 2.42.